The van der Waals surface area contributed by atoms with Crippen LogP contribution < -0.4 is 15.4 Å². The van der Waals surface area contributed by atoms with Crippen molar-refractivity contribution in [3.05, 3.63) is 98.2 Å². The monoisotopic (exact) mass is 583 g/mol. The number of pyridine rings is 1. The van der Waals surface area contributed by atoms with Gasteiger partial charge in [0.05, 0.1) is 4.91 Å². The molecule has 2 saturated heterocycles. The lowest BCUT2D eigenvalue weighted by Gasteiger charge is -2.39. The molecule has 0 bridgehead atoms. The molecule has 7 nitrogen and oxygen atoms in total. The van der Waals surface area contributed by atoms with Crippen LogP contribution in [0.25, 0.3) is 6.08 Å². The van der Waals surface area contributed by atoms with Crippen molar-refractivity contribution in [1.82, 2.24) is 9.47 Å². The average molecular weight is 584 g/mol. The molecule has 0 atom stereocenters. The molecule has 5 rings (SSSR count). The van der Waals surface area contributed by atoms with Crippen molar-refractivity contribution in [2.24, 2.45) is 0 Å². The molecule has 0 saturated carbocycles. The molecule has 1 amide bonds. The summed E-state index contributed by atoms with van der Waals surface area (Å²) in [6.45, 7) is 7.83. The van der Waals surface area contributed by atoms with Gasteiger partial charge in [0, 0.05) is 50.5 Å². The Labute approximate surface area is 250 Å². The van der Waals surface area contributed by atoms with Crippen molar-refractivity contribution in [3.8, 4) is 6.07 Å². The zero-order valence-electron chi connectivity index (χ0n) is 23.4. The van der Waals surface area contributed by atoms with Crippen LogP contribution in [0.3, 0.4) is 0 Å². The fourth-order valence-electron chi connectivity index (χ4n) is 5.44. The van der Waals surface area contributed by atoms with Gasteiger partial charge in [0.2, 0.25) is 0 Å². The van der Waals surface area contributed by atoms with E-state index in [-0.39, 0.29) is 17.0 Å². The molecule has 0 spiro atoms. The molecule has 0 radical (unpaired) electrons. The Hall–Kier alpha value is -3.87. The van der Waals surface area contributed by atoms with E-state index in [2.05, 4.69) is 28.0 Å². The van der Waals surface area contributed by atoms with Gasteiger partial charge in [-0.25, -0.2) is 0 Å². The largest absolute Gasteiger partial charge is 0.368 e. The van der Waals surface area contributed by atoms with E-state index in [9.17, 15) is 14.9 Å². The fourth-order valence-corrected chi connectivity index (χ4v) is 6.73. The molecule has 2 aromatic carbocycles. The van der Waals surface area contributed by atoms with Crippen LogP contribution >= 0.6 is 24.0 Å². The summed E-state index contributed by atoms with van der Waals surface area (Å²) in [5, 5.41) is 9.95. The second-order valence-corrected chi connectivity index (χ2v) is 11.9. The Balaban J connectivity index is 1.50. The van der Waals surface area contributed by atoms with Crippen molar-refractivity contribution in [2.75, 3.05) is 42.5 Å². The van der Waals surface area contributed by atoms with Gasteiger partial charge in [0.15, 0.2) is 0 Å². The highest BCUT2D eigenvalue weighted by Gasteiger charge is 2.33. The molecule has 2 aliphatic heterocycles. The maximum atomic E-state index is 13.6. The molecule has 1 aromatic heterocycles. The van der Waals surface area contributed by atoms with Crippen molar-refractivity contribution in [2.45, 2.75) is 33.2 Å². The molecule has 210 valence electrons. The lowest BCUT2D eigenvalue weighted by Crippen LogP contribution is -2.48. The van der Waals surface area contributed by atoms with Crippen molar-refractivity contribution in [3.63, 3.8) is 0 Å². The Morgan fingerprint density at radius 3 is 2.22 bits per heavy atom. The number of hydrogen-bond donors (Lipinski definition) is 0. The lowest BCUT2D eigenvalue weighted by molar-refractivity contribution is -0.122. The van der Waals surface area contributed by atoms with Gasteiger partial charge in [-0.05, 0) is 49.1 Å². The molecule has 3 heterocycles. The lowest BCUT2D eigenvalue weighted by atomic mass is 10.0. The summed E-state index contributed by atoms with van der Waals surface area (Å²) in [5.74, 6) is 0.637. The van der Waals surface area contributed by atoms with Crippen LogP contribution in [-0.2, 0) is 17.8 Å². The number of amides is 1. The second-order valence-electron chi connectivity index (χ2n) is 10.2. The molecule has 9 heteroatoms. The number of thioether (sulfide) groups is 1. The minimum Gasteiger partial charge on any atom is -0.368 e. The van der Waals surface area contributed by atoms with E-state index in [1.165, 1.54) is 17.4 Å². The first kappa shape index (κ1) is 28.7. The van der Waals surface area contributed by atoms with Gasteiger partial charge in [-0.1, -0.05) is 79.4 Å². The zero-order chi connectivity index (χ0) is 28.9. The molecule has 41 heavy (non-hydrogen) atoms. The van der Waals surface area contributed by atoms with Crippen LogP contribution in [-0.4, -0.2) is 52.4 Å². The number of thiocarbonyl (C=S) groups is 1. The Morgan fingerprint density at radius 2 is 1.59 bits per heavy atom. The predicted molar refractivity (Wildman–Crippen MR) is 171 cm³/mol. The van der Waals surface area contributed by atoms with Gasteiger partial charge in [0.1, 0.15) is 21.8 Å². The van der Waals surface area contributed by atoms with Gasteiger partial charge in [0.25, 0.3) is 11.5 Å². The minimum atomic E-state index is -0.278. The molecular weight excluding hydrogens is 551 g/mol. The quantitative estimate of drug-likeness (QED) is 0.266. The Kier molecular flexibility index (Phi) is 8.91. The summed E-state index contributed by atoms with van der Waals surface area (Å²) in [6, 6.07) is 22.5. The van der Waals surface area contributed by atoms with Gasteiger partial charge < -0.3 is 9.80 Å². The van der Waals surface area contributed by atoms with Gasteiger partial charge in [-0.15, -0.1) is 0 Å². The van der Waals surface area contributed by atoms with Gasteiger partial charge in [-0.3, -0.25) is 19.1 Å². The molecule has 2 fully saturated rings. The van der Waals surface area contributed by atoms with Crippen LogP contribution in [0.15, 0.2) is 70.4 Å². The van der Waals surface area contributed by atoms with Crippen LogP contribution in [0, 0.1) is 18.3 Å². The number of carbonyl (C=O) groups is 1. The van der Waals surface area contributed by atoms with E-state index in [1.54, 1.807) is 9.47 Å². The van der Waals surface area contributed by atoms with Gasteiger partial charge >= 0.3 is 0 Å². The first-order valence-corrected chi connectivity index (χ1v) is 15.2. The number of anilines is 2. The standard InChI is InChI=1S/C32H33N5O2S2/c1-3-15-36-29(35-19-17-34(18-20-35)25-12-8-5-9-13-25)26(23(2)27(22-33)30(36)38)21-28-31(39)37(32(40)41-28)16-14-24-10-6-4-7-11-24/h4-13,21H,3,14-20H2,1-2H3/b28-21+. The summed E-state index contributed by atoms with van der Waals surface area (Å²) < 4.78 is 2.25. The average Bonchev–Trinajstić information content (AvgIpc) is 3.27. The minimum absolute atomic E-state index is 0.121. The normalized spacial score (nSPS) is 16.5. The summed E-state index contributed by atoms with van der Waals surface area (Å²) in [7, 11) is 0. The molecular formula is C32H33N5O2S2. The number of aromatic nitrogens is 1. The Bertz CT molecular complexity index is 1570. The number of rotatable bonds is 8. The number of carbonyl (C=O) groups excluding carboxylic acids is 1. The summed E-state index contributed by atoms with van der Waals surface area (Å²) in [6.07, 6.45) is 3.30. The number of benzene rings is 2. The van der Waals surface area contributed by atoms with Crippen LogP contribution in [0.2, 0.25) is 0 Å². The van der Waals surface area contributed by atoms with E-state index >= 15 is 0 Å². The third-order valence-electron chi connectivity index (χ3n) is 7.61. The summed E-state index contributed by atoms with van der Waals surface area (Å²) >= 11 is 6.90. The van der Waals surface area contributed by atoms with E-state index < -0.39 is 0 Å². The van der Waals surface area contributed by atoms with Crippen molar-refractivity contribution in [1.29, 1.82) is 5.26 Å². The number of nitrogens with zero attached hydrogens (tertiary/aromatic N) is 5. The summed E-state index contributed by atoms with van der Waals surface area (Å²) in [4.78, 5) is 33.8. The van der Waals surface area contributed by atoms with E-state index in [1.807, 2.05) is 68.5 Å². The fraction of sp³-hybridized carbons (Fsp3) is 0.312. The second kappa shape index (κ2) is 12.8. The first-order valence-electron chi connectivity index (χ1n) is 13.9. The predicted octanol–water partition coefficient (Wildman–Crippen LogP) is 5.21. The maximum absolute atomic E-state index is 13.6. The van der Waals surface area contributed by atoms with Crippen LogP contribution in [0.5, 0.6) is 0 Å². The number of hydrogen-bond acceptors (Lipinski definition) is 7. The maximum Gasteiger partial charge on any atom is 0.270 e. The number of nitriles is 1. The van der Waals surface area contributed by atoms with E-state index in [0.29, 0.717) is 47.4 Å². The van der Waals surface area contributed by atoms with Gasteiger partial charge in [-0.2, -0.15) is 5.26 Å². The molecule has 2 aliphatic rings. The van der Waals surface area contributed by atoms with Crippen molar-refractivity contribution < 1.29 is 4.79 Å². The Morgan fingerprint density at radius 1 is 0.951 bits per heavy atom. The molecule has 3 aromatic rings. The highest BCUT2D eigenvalue weighted by atomic mass is 32.2. The van der Waals surface area contributed by atoms with Crippen LogP contribution in [0.4, 0.5) is 11.5 Å². The van der Waals surface area contributed by atoms with E-state index in [4.69, 9.17) is 12.2 Å². The summed E-state index contributed by atoms with van der Waals surface area (Å²) in [5.41, 5.74) is 3.50. The number of para-hydroxylation sites is 1. The first-order chi connectivity index (χ1) is 19.9. The SMILES string of the molecule is CCCn1c(N2CCN(c3ccccc3)CC2)c(/C=C2/SC(=S)N(CCc3ccccc3)C2=O)c(C)c(C#N)c1=O. The molecule has 0 unspecified atom stereocenters. The highest BCUT2D eigenvalue weighted by Crippen LogP contribution is 2.36. The molecule has 0 aliphatic carbocycles. The molecule has 0 N–H and O–H groups in total. The highest BCUT2D eigenvalue weighted by molar-refractivity contribution is 8.26. The third kappa shape index (κ3) is 5.95. The van der Waals surface area contributed by atoms with E-state index in [0.717, 1.165) is 36.5 Å². The van der Waals surface area contributed by atoms with Crippen LogP contribution in [0.1, 0.15) is 35.6 Å². The third-order valence-corrected chi connectivity index (χ3v) is 8.99. The zero-order valence-corrected chi connectivity index (χ0v) is 25.0. The smallest absolute Gasteiger partial charge is 0.270 e. The number of piperazine rings is 1. The van der Waals surface area contributed by atoms with Crippen molar-refractivity contribution >= 4 is 51.8 Å². The topological polar surface area (TPSA) is 72.6 Å².